The molecule has 3 heterocycles. The smallest absolute Gasteiger partial charge is 0.298 e. The molecule has 0 saturated heterocycles. The normalized spacial score (nSPS) is 12.4. The number of alkyl halides is 2. The van der Waals surface area contributed by atoms with Crippen molar-refractivity contribution >= 4 is 5.91 Å². The van der Waals surface area contributed by atoms with E-state index < -0.39 is 41.4 Å². The molecule has 0 unspecified atom stereocenters. The molecule has 3 aromatic heterocycles. The van der Waals surface area contributed by atoms with E-state index in [1.807, 2.05) is 6.92 Å². The Morgan fingerprint density at radius 2 is 1.97 bits per heavy atom. The number of nitrogens with zero attached hydrogens (tertiary/aromatic N) is 6. The van der Waals surface area contributed by atoms with E-state index in [0.717, 1.165) is 16.8 Å². The van der Waals surface area contributed by atoms with Crippen molar-refractivity contribution in [3.63, 3.8) is 0 Å². The summed E-state index contributed by atoms with van der Waals surface area (Å²) in [4.78, 5) is 29.6. The van der Waals surface area contributed by atoms with Crippen molar-refractivity contribution in [2.24, 2.45) is 0 Å². The van der Waals surface area contributed by atoms with Gasteiger partial charge in [-0.05, 0) is 32.0 Å². The van der Waals surface area contributed by atoms with Gasteiger partial charge in [-0.1, -0.05) is 17.3 Å². The second-order valence-corrected chi connectivity index (χ2v) is 8.10. The summed E-state index contributed by atoms with van der Waals surface area (Å²) in [5.74, 6) is -5.79. The topological polar surface area (TPSA) is 128 Å². The van der Waals surface area contributed by atoms with E-state index in [9.17, 15) is 22.8 Å². The zero-order valence-corrected chi connectivity index (χ0v) is 19.8. The van der Waals surface area contributed by atoms with Gasteiger partial charge in [0.05, 0.1) is 35.4 Å². The van der Waals surface area contributed by atoms with Crippen LogP contribution in [0.2, 0.25) is 0 Å². The lowest BCUT2D eigenvalue weighted by molar-refractivity contribution is -0.0584. The first-order chi connectivity index (χ1) is 17.7. The summed E-state index contributed by atoms with van der Waals surface area (Å²) in [6, 6.07) is 6.26. The first-order valence-corrected chi connectivity index (χ1v) is 11.2. The largest absolute Gasteiger partial charge is 0.390 e. The Hall–Kier alpha value is -4.39. The lowest BCUT2D eigenvalue weighted by Crippen LogP contribution is -2.31. The number of rotatable bonds is 8. The Morgan fingerprint density at radius 1 is 1.19 bits per heavy atom. The molecule has 4 aromatic rings. The summed E-state index contributed by atoms with van der Waals surface area (Å²) in [5, 5.41) is 23.4. The number of carbonyl (C=O) groups excluding carboxylic acids is 1. The Bertz CT molecular complexity index is 1500. The van der Waals surface area contributed by atoms with Gasteiger partial charge in [0.2, 0.25) is 0 Å². The van der Waals surface area contributed by atoms with Crippen LogP contribution in [-0.4, -0.2) is 47.4 Å². The molecule has 0 bridgehead atoms. The second-order valence-electron chi connectivity index (χ2n) is 8.10. The predicted octanol–water partition coefficient (Wildman–Crippen LogP) is 2.62. The van der Waals surface area contributed by atoms with Gasteiger partial charge in [-0.2, -0.15) is 18.6 Å². The maximum Gasteiger partial charge on any atom is 0.298 e. The molecule has 192 valence electrons. The zero-order valence-electron chi connectivity index (χ0n) is 19.8. The van der Waals surface area contributed by atoms with Gasteiger partial charge in [0, 0.05) is 29.9 Å². The molecule has 1 amide bonds. The number of halogens is 3. The van der Waals surface area contributed by atoms with E-state index >= 15 is 0 Å². The predicted molar refractivity (Wildman–Crippen MR) is 126 cm³/mol. The lowest BCUT2D eigenvalue weighted by Gasteiger charge is -2.20. The molecular formula is C24H22F3N7O3. The molecule has 0 aliphatic carbocycles. The number of aromatic nitrogens is 6. The average Bonchev–Trinajstić information content (AvgIpc) is 3.38. The van der Waals surface area contributed by atoms with Gasteiger partial charge in [-0.3, -0.25) is 14.6 Å². The minimum absolute atomic E-state index is 0.172. The fourth-order valence-corrected chi connectivity index (χ4v) is 3.72. The van der Waals surface area contributed by atoms with E-state index in [-0.39, 0.29) is 16.9 Å². The summed E-state index contributed by atoms with van der Waals surface area (Å²) in [6.07, 6.45) is 4.52. The minimum atomic E-state index is -3.78. The highest BCUT2D eigenvalue weighted by molar-refractivity contribution is 5.92. The van der Waals surface area contributed by atoms with Gasteiger partial charge in [0.25, 0.3) is 17.4 Å². The van der Waals surface area contributed by atoms with Crippen LogP contribution in [0.4, 0.5) is 13.2 Å². The Balaban J connectivity index is 1.62. The summed E-state index contributed by atoms with van der Waals surface area (Å²) in [6.45, 7) is 2.30. The SMILES string of the molecule is CCn1nncc1-c1cncc(-n2nc(C(=O)N[C@H](C)c3cccc(C(F)(F)CO)c3F)ccc2=O)c1. The number of pyridine rings is 1. The highest BCUT2D eigenvalue weighted by Gasteiger charge is 2.35. The van der Waals surface area contributed by atoms with Crippen molar-refractivity contribution in [3.8, 4) is 16.9 Å². The van der Waals surface area contributed by atoms with Crippen LogP contribution in [0, 0.1) is 5.82 Å². The Kier molecular flexibility index (Phi) is 7.16. The molecule has 0 radical (unpaired) electrons. The van der Waals surface area contributed by atoms with Crippen LogP contribution in [-0.2, 0) is 12.5 Å². The van der Waals surface area contributed by atoms with Crippen molar-refractivity contribution < 1.29 is 23.1 Å². The van der Waals surface area contributed by atoms with Crippen molar-refractivity contribution in [2.45, 2.75) is 32.4 Å². The molecular weight excluding hydrogens is 491 g/mol. The van der Waals surface area contributed by atoms with Crippen molar-refractivity contribution in [3.05, 3.63) is 88.0 Å². The van der Waals surface area contributed by atoms with Crippen LogP contribution >= 0.6 is 0 Å². The number of aliphatic hydroxyl groups is 1. The Labute approximate surface area is 208 Å². The molecule has 37 heavy (non-hydrogen) atoms. The van der Waals surface area contributed by atoms with Crippen molar-refractivity contribution in [2.75, 3.05) is 6.61 Å². The quantitative estimate of drug-likeness (QED) is 0.371. The third kappa shape index (κ3) is 5.11. The molecule has 0 fully saturated rings. The molecule has 0 aliphatic rings. The Morgan fingerprint density at radius 3 is 2.70 bits per heavy atom. The minimum Gasteiger partial charge on any atom is -0.390 e. The van der Waals surface area contributed by atoms with Crippen LogP contribution in [0.1, 0.15) is 41.5 Å². The fraction of sp³-hybridized carbons (Fsp3) is 0.250. The molecule has 0 spiro atoms. The first kappa shape index (κ1) is 25.7. The molecule has 1 atom stereocenters. The van der Waals surface area contributed by atoms with Gasteiger partial charge in [-0.25, -0.2) is 9.07 Å². The van der Waals surface area contributed by atoms with Gasteiger partial charge in [-0.15, -0.1) is 5.10 Å². The van der Waals surface area contributed by atoms with Crippen LogP contribution in [0.3, 0.4) is 0 Å². The molecule has 4 rings (SSSR count). The number of hydrogen-bond acceptors (Lipinski definition) is 7. The highest BCUT2D eigenvalue weighted by Crippen LogP contribution is 2.32. The maximum atomic E-state index is 14.8. The number of carbonyl (C=O) groups is 1. The van der Waals surface area contributed by atoms with Gasteiger partial charge in [0.1, 0.15) is 18.1 Å². The van der Waals surface area contributed by atoms with Gasteiger partial charge < -0.3 is 10.4 Å². The van der Waals surface area contributed by atoms with E-state index in [0.29, 0.717) is 17.8 Å². The maximum absolute atomic E-state index is 14.8. The fourth-order valence-electron chi connectivity index (χ4n) is 3.72. The molecule has 2 N–H and O–H groups in total. The number of aliphatic hydroxyl groups excluding tert-OH is 1. The number of benzene rings is 1. The number of hydrogen-bond donors (Lipinski definition) is 2. The monoisotopic (exact) mass is 513 g/mol. The molecule has 0 aliphatic heterocycles. The summed E-state index contributed by atoms with van der Waals surface area (Å²) in [7, 11) is 0. The van der Waals surface area contributed by atoms with Crippen molar-refractivity contribution in [1.29, 1.82) is 0 Å². The molecule has 10 nitrogen and oxygen atoms in total. The van der Waals surface area contributed by atoms with E-state index in [4.69, 9.17) is 5.11 Å². The van der Waals surface area contributed by atoms with Crippen LogP contribution in [0.25, 0.3) is 16.9 Å². The number of nitrogens with one attached hydrogen (secondary N) is 1. The van der Waals surface area contributed by atoms with E-state index in [1.165, 1.54) is 31.3 Å². The number of amides is 1. The molecule has 1 aromatic carbocycles. The summed E-state index contributed by atoms with van der Waals surface area (Å²) < 4.78 is 45.2. The molecule has 0 saturated carbocycles. The third-order valence-electron chi connectivity index (χ3n) is 5.65. The van der Waals surface area contributed by atoms with Crippen LogP contribution in [0.15, 0.2) is 59.8 Å². The van der Waals surface area contributed by atoms with E-state index in [1.54, 1.807) is 23.1 Å². The zero-order chi connectivity index (χ0) is 26.7. The van der Waals surface area contributed by atoms with Gasteiger partial charge in [0.15, 0.2) is 0 Å². The third-order valence-corrected chi connectivity index (χ3v) is 5.65. The van der Waals surface area contributed by atoms with Crippen LogP contribution < -0.4 is 10.9 Å². The first-order valence-electron chi connectivity index (χ1n) is 11.2. The summed E-state index contributed by atoms with van der Waals surface area (Å²) >= 11 is 0. The van der Waals surface area contributed by atoms with Crippen LogP contribution in [0.5, 0.6) is 0 Å². The summed E-state index contributed by atoms with van der Waals surface area (Å²) in [5.41, 5.74) is -0.318. The number of aryl methyl sites for hydroxylation is 1. The average molecular weight is 513 g/mol. The standard InChI is InChI=1S/C24H22F3N7O3/c1-3-33-20(12-29-32-33)15-9-16(11-28-10-15)34-21(36)8-7-19(31-34)23(37)30-14(2)17-5-4-6-18(22(17)25)24(26,27)13-35/h4-12,14,35H,3,13H2,1-2H3,(H,30,37)/t14-/m1/s1. The van der Waals surface area contributed by atoms with Crippen molar-refractivity contribution in [1.82, 2.24) is 35.1 Å². The van der Waals surface area contributed by atoms with E-state index in [2.05, 4.69) is 25.7 Å². The molecule has 13 heteroatoms. The second kappa shape index (κ2) is 10.3. The lowest BCUT2D eigenvalue weighted by atomic mass is 10.0. The highest BCUT2D eigenvalue weighted by atomic mass is 19.3. The van der Waals surface area contributed by atoms with Gasteiger partial charge >= 0.3 is 0 Å².